The fraction of sp³-hybridized carbons (Fsp3) is 0.562. The highest BCUT2D eigenvalue weighted by atomic mass is 79.9. The number of benzene rings is 1. The van der Waals surface area contributed by atoms with Crippen molar-refractivity contribution in [2.75, 3.05) is 6.61 Å². The zero-order valence-corrected chi connectivity index (χ0v) is 18.2. The lowest BCUT2D eigenvalue weighted by Crippen LogP contribution is -2.45. The van der Waals surface area contributed by atoms with Gasteiger partial charge in [0.05, 0.1) is 11.5 Å². The summed E-state index contributed by atoms with van der Waals surface area (Å²) >= 11 is 3.27. The maximum atomic E-state index is 12.5. The predicted molar refractivity (Wildman–Crippen MR) is 102 cm³/mol. The molecule has 0 aromatic heterocycles. The van der Waals surface area contributed by atoms with E-state index in [0.29, 0.717) is 6.61 Å². The topological polar surface area (TPSA) is 72.5 Å². The SMILES string of the molecule is CC(C)[C@@H](NS(=O)(=O)c1ccc(Br)cc1)C(=O)OCC[Si](C)(C)C. The van der Waals surface area contributed by atoms with Crippen molar-refractivity contribution in [3.63, 3.8) is 0 Å². The van der Waals surface area contributed by atoms with Crippen molar-refractivity contribution in [2.24, 2.45) is 5.92 Å². The summed E-state index contributed by atoms with van der Waals surface area (Å²) < 4.78 is 33.5. The third-order valence-corrected chi connectivity index (χ3v) is 7.11. The van der Waals surface area contributed by atoms with Crippen LogP contribution in [0.25, 0.3) is 0 Å². The van der Waals surface area contributed by atoms with Crippen molar-refractivity contribution in [1.29, 1.82) is 0 Å². The number of hydrogen-bond donors (Lipinski definition) is 1. The van der Waals surface area contributed by atoms with Gasteiger partial charge in [-0.25, -0.2) is 8.42 Å². The van der Waals surface area contributed by atoms with Gasteiger partial charge in [-0.05, 0) is 36.2 Å². The van der Waals surface area contributed by atoms with Gasteiger partial charge in [0.25, 0.3) is 0 Å². The van der Waals surface area contributed by atoms with Gasteiger partial charge in [-0.2, -0.15) is 4.72 Å². The van der Waals surface area contributed by atoms with Crippen molar-refractivity contribution in [1.82, 2.24) is 4.72 Å². The van der Waals surface area contributed by atoms with Gasteiger partial charge in [0.15, 0.2) is 0 Å². The molecular weight excluding hydrogens is 410 g/mol. The van der Waals surface area contributed by atoms with Crippen LogP contribution in [0.4, 0.5) is 0 Å². The quantitative estimate of drug-likeness (QED) is 0.499. The van der Waals surface area contributed by atoms with Crippen molar-refractivity contribution >= 4 is 40.0 Å². The predicted octanol–water partition coefficient (Wildman–Crippen LogP) is 3.63. The minimum Gasteiger partial charge on any atom is -0.465 e. The number of carbonyl (C=O) groups excluding carboxylic acids is 1. The molecule has 0 fully saturated rings. The van der Waals surface area contributed by atoms with Crippen LogP contribution in [-0.2, 0) is 19.6 Å². The molecule has 1 aromatic rings. The van der Waals surface area contributed by atoms with E-state index in [-0.39, 0.29) is 10.8 Å². The van der Waals surface area contributed by atoms with Crippen LogP contribution < -0.4 is 4.72 Å². The first kappa shape index (κ1) is 21.3. The van der Waals surface area contributed by atoms with E-state index in [1.165, 1.54) is 12.1 Å². The van der Waals surface area contributed by atoms with Gasteiger partial charge < -0.3 is 4.74 Å². The average Bonchev–Trinajstić information content (AvgIpc) is 2.43. The monoisotopic (exact) mass is 435 g/mol. The molecule has 0 spiro atoms. The van der Waals surface area contributed by atoms with Gasteiger partial charge in [-0.1, -0.05) is 49.4 Å². The summed E-state index contributed by atoms with van der Waals surface area (Å²) in [7, 11) is -5.09. The second kappa shape index (κ2) is 8.60. The summed E-state index contributed by atoms with van der Waals surface area (Å²) in [6, 6.07) is 6.21. The first-order valence-corrected chi connectivity index (χ1v) is 13.9. The Morgan fingerprint density at radius 2 is 1.75 bits per heavy atom. The molecular formula is C16H26BrNO4SSi. The Hall–Kier alpha value is -0.703. The molecule has 5 nitrogen and oxygen atoms in total. The standard InChI is InChI=1S/C16H26BrNO4SSi/c1-12(2)15(16(19)22-10-11-24(3,4)5)18-23(20,21)14-8-6-13(17)7-9-14/h6-9,12,15,18H,10-11H2,1-5H3/t15-/m1/s1. The lowest BCUT2D eigenvalue weighted by atomic mass is 10.1. The van der Waals surface area contributed by atoms with E-state index in [0.717, 1.165) is 10.5 Å². The number of ether oxygens (including phenoxy) is 1. The summed E-state index contributed by atoms with van der Waals surface area (Å²) in [5.74, 6) is -0.737. The minimum atomic E-state index is -3.78. The molecule has 0 bridgehead atoms. The molecule has 0 aliphatic carbocycles. The van der Waals surface area contributed by atoms with E-state index in [9.17, 15) is 13.2 Å². The number of rotatable bonds is 8. The molecule has 0 unspecified atom stereocenters. The maximum Gasteiger partial charge on any atom is 0.324 e. The summed E-state index contributed by atoms with van der Waals surface area (Å²) in [5, 5.41) is 0. The number of esters is 1. The summed E-state index contributed by atoms with van der Waals surface area (Å²) in [6.45, 7) is 10.5. The highest BCUT2D eigenvalue weighted by Gasteiger charge is 2.30. The molecule has 1 aromatic carbocycles. The molecule has 136 valence electrons. The van der Waals surface area contributed by atoms with Crippen molar-refractivity contribution < 1.29 is 17.9 Å². The van der Waals surface area contributed by atoms with E-state index >= 15 is 0 Å². The number of halogens is 1. The summed E-state index contributed by atoms with van der Waals surface area (Å²) in [5.41, 5.74) is 0. The van der Waals surface area contributed by atoms with Crippen molar-refractivity contribution in [3.05, 3.63) is 28.7 Å². The van der Waals surface area contributed by atoms with Crippen LogP contribution in [0.5, 0.6) is 0 Å². The molecule has 1 atom stereocenters. The molecule has 0 radical (unpaired) electrons. The van der Waals surface area contributed by atoms with Crippen LogP contribution in [0, 0.1) is 5.92 Å². The van der Waals surface area contributed by atoms with Gasteiger partial charge in [-0.3, -0.25) is 4.79 Å². The van der Waals surface area contributed by atoms with Gasteiger partial charge in [0.2, 0.25) is 10.0 Å². The van der Waals surface area contributed by atoms with E-state index in [1.54, 1.807) is 26.0 Å². The van der Waals surface area contributed by atoms with Crippen LogP contribution >= 0.6 is 15.9 Å². The normalized spacial score (nSPS) is 13.8. The van der Waals surface area contributed by atoms with Crippen LogP contribution in [0.3, 0.4) is 0 Å². The lowest BCUT2D eigenvalue weighted by molar-refractivity contribution is -0.146. The molecule has 0 saturated heterocycles. The van der Waals surface area contributed by atoms with Crippen LogP contribution in [0.1, 0.15) is 13.8 Å². The Morgan fingerprint density at radius 1 is 1.21 bits per heavy atom. The lowest BCUT2D eigenvalue weighted by Gasteiger charge is -2.22. The molecule has 0 aliphatic rings. The zero-order valence-electron chi connectivity index (χ0n) is 14.8. The molecule has 0 heterocycles. The fourth-order valence-corrected chi connectivity index (χ4v) is 4.16. The van der Waals surface area contributed by atoms with E-state index in [4.69, 9.17) is 4.74 Å². The molecule has 24 heavy (non-hydrogen) atoms. The van der Waals surface area contributed by atoms with Crippen LogP contribution in [-0.4, -0.2) is 35.1 Å². The van der Waals surface area contributed by atoms with Crippen LogP contribution in [0.15, 0.2) is 33.6 Å². The number of nitrogens with one attached hydrogen (secondary N) is 1. The molecule has 8 heteroatoms. The summed E-state index contributed by atoms with van der Waals surface area (Å²) in [6.07, 6.45) is 0. The Morgan fingerprint density at radius 3 is 2.21 bits per heavy atom. The highest BCUT2D eigenvalue weighted by Crippen LogP contribution is 2.17. The largest absolute Gasteiger partial charge is 0.465 e. The van der Waals surface area contributed by atoms with Gasteiger partial charge in [-0.15, -0.1) is 0 Å². The van der Waals surface area contributed by atoms with Crippen LogP contribution in [0.2, 0.25) is 25.7 Å². The van der Waals surface area contributed by atoms with Crippen molar-refractivity contribution in [3.8, 4) is 0 Å². The molecule has 0 amide bonds. The maximum absolute atomic E-state index is 12.5. The Bertz CT molecular complexity index is 654. The zero-order chi connectivity index (χ0) is 18.5. The Kier molecular flexibility index (Phi) is 7.64. The third-order valence-electron chi connectivity index (χ3n) is 3.42. The third kappa shape index (κ3) is 7.04. The number of hydrogen-bond acceptors (Lipinski definition) is 4. The van der Waals surface area contributed by atoms with Crippen molar-refractivity contribution in [2.45, 2.75) is 50.5 Å². The van der Waals surface area contributed by atoms with E-state index in [1.807, 2.05) is 0 Å². The van der Waals surface area contributed by atoms with Gasteiger partial charge in [0, 0.05) is 12.5 Å². The number of sulfonamides is 1. The highest BCUT2D eigenvalue weighted by molar-refractivity contribution is 9.10. The first-order chi connectivity index (χ1) is 10.9. The van der Waals surface area contributed by atoms with E-state index < -0.39 is 30.1 Å². The average molecular weight is 436 g/mol. The fourth-order valence-electron chi connectivity index (χ4n) is 1.85. The summed E-state index contributed by atoms with van der Waals surface area (Å²) in [4.78, 5) is 12.4. The molecule has 1 rings (SSSR count). The molecule has 0 aliphatic heterocycles. The second-order valence-corrected chi connectivity index (χ2v) is 15.5. The Labute approximate surface area is 154 Å². The number of carbonyl (C=O) groups is 1. The molecule has 0 saturated carbocycles. The minimum absolute atomic E-state index is 0.117. The first-order valence-electron chi connectivity index (χ1n) is 7.87. The van der Waals surface area contributed by atoms with Gasteiger partial charge >= 0.3 is 5.97 Å². The Balaban J connectivity index is 2.81. The van der Waals surface area contributed by atoms with Gasteiger partial charge in [0.1, 0.15) is 6.04 Å². The second-order valence-electron chi connectivity index (χ2n) is 7.28. The molecule has 1 N–H and O–H groups in total. The smallest absolute Gasteiger partial charge is 0.324 e. The van der Waals surface area contributed by atoms with E-state index in [2.05, 4.69) is 40.3 Å².